The van der Waals surface area contributed by atoms with E-state index in [-0.39, 0.29) is 5.91 Å². The van der Waals surface area contributed by atoms with Crippen molar-refractivity contribution in [3.63, 3.8) is 0 Å². The predicted octanol–water partition coefficient (Wildman–Crippen LogP) is 2.88. The number of hydrogen-bond donors (Lipinski definition) is 1. The van der Waals surface area contributed by atoms with Crippen LogP contribution in [0.15, 0.2) is 28.8 Å². The number of hydrogen-bond acceptors (Lipinski definition) is 2. The molecule has 0 aliphatic rings. The summed E-state index contributed by atoms with van der Waals surface area (Å²) in [4.78, 5) is 15.9. The molecule has 0 heterocycles. The lowest BCUT2D eigenvalue weighted by Gasteiger charge is -2.01. The molecule has 0 aromatic carbocycles. The minimum Gasteiger partial charge on any atom is -0.349 e. The first kappa shape index (κ1) is 15.6. The Labute approximate surface area is 105 Å². The summed E-state index contributed by atoms with van der Waals surface area (Å²) < 4.78 is 0. The zero-order valence-corrected chi connectivity index (χ0v) is 11.4. The van der Waals surface area contributed by atoms with Crippen LogP contribution < -0.4 is 5.32 Å². The highest BCUT2D eigenvalue weighted by molar-refractivity contribution is 5.96. The summed E-state index contributed by atoms with van der Waals surface area (Å²) in [6.45, 7) is 8.58. The minimum absolute atomic E-state index is 0.0404. The molecule has 1 atom stereocenters. The molecule has 17 heavy (non-hydrogen) atoms. The summed E-state index contributed by atoms with van der Waals surface area (Å²) in [5.74, 6) is -0.0404. The number of carbonyl (C=O) groups is 1. The highest BCUT2D eigenvalue weighted by atomic mass is 16.1. The van der Waals surface area contributed by atoms with Gasteiger partial charge < -0.3 is 5.32 Å². The first-order valence-electron chi connectivity index (χ1n) is 6.25. The summed E-state index contributed by atoms with van der Waals surface area (Å²) in [5.41, 5.74) is 0.682. The van der Waals surface area contributed by atoms with Crippen LogP contribution in [0.5, 0.6) is 0 Å². The molecular formula is C14H24N2O. The van der Waals surface area contributed by atoms with Crippen LogP contribution in [0.25, 0.3) is 0 Å². The quantitative estimate of drug-likeness (QED) is 0.412. The van der Waals surface area contributed by atoms with E-state index in [9.17, 15) is 4.79 Å². The molecular weight excluding hydrogens is 212 g/mol. The van der Waals surface area contributed by atoms with Gasteiger partial charge in [-0.2, -0.15) is 0 Å². The maximum absolute atomic E-state index is 11.6. The molecule has 0 radical (unpaired) electrons. The van der Waals surface area contributed by atoms with Crippen molar-refractivity contribution in [2.45, 2.75) is 46.6 Å². The SMILES string of the molecule is CC/C=C/CNC(=O)/C(C)=C/C=NC(C)CC. The molecule has 0 rings (SSSR count). The topological polar surface area (TPSA) is 41.5 Å². The zero-order valence-electron chi connectivity index (χ0n) is 11.4. The summed E-state index contributed by atoms with van der Waals surface area (Å²) >= 11 is 0. The molecule has 1 N–H and O–H groups in total. The van der Waals surface area contributed by atoms with Gasteiger partial charge in [-0.1, -0.05) is 26.0 Å². The Kier molecular flexibility index (Phi) is 9.02. The average molecular weight is 236 g/mol. The number of aliphatic imine (C=N–C) groups is 1. The lowest BCUT2D eigenvalue weighted by molar-refractivity contribution is -0.117. The number of carbonyl (C=O) groups excluding carboxylic acids is 1. The summed E-state index contributed by atoms with van der Waals surface area (Å²) in [6.07, 6.45) is 9.46. The summed E-state index contributed by atoms with van der Waals surface area (Å²) in [5, 5.41) is 2.81. The fraction of sp³-hybridized carbons (Fsp3) is 0.571. The van der Waals surface area contributed by atoms with Crippen LogP contribution in [-0.2, 0) is 4.79 Å². The van der Waals surface area contributed by atoms with Crippen LogP contribution in [0.3, 0.4) is 0 Å². The van der Waals surface area contributed by atoms with Crippen LogP contribution in [0.1, 0.15) is 40.5 Å². The molecule has 3 heteroatoms. The van der Waals surface area contributed by atoms with Gasteiger partial charge in [0.25, 0.3) is 0 Å². The molecule has 1 amide bonds. The van der Waals surface area contributed by atoms with Crippen molar-refractivity contribution < 1.29 is 4.79 Å². The standard InChI is InChI=1S/C14H24N2O/c1-5-7-8-10-16-14(17)12(3)9-11-15-13(4)6-2/h7-9,11,13H,5-6,10H2,1-4H3,(H,16,17)/b8-7+,12-9+,15-11?. The molecule has 0 aromatic rings. The second kappa shape index (κ2) is 9.82. The van der Waals surface area contributed by atoms with Gasteiger partial charge in [0.05, 0.1) is 0 Å². The maximum Gasteiger partial charge on any atom is 0.247 e. The summed E-state index contributed by atoms with van der Waals surface area (Å²) in [7, 11) is 0. The fourth-order valence-electron chi connectivity index (χ4n) is 1.02. The Balaban J connectivity index is 4.07. The Bertz CT molecular complexity index is 303. The van der Waals surface area contributed by atoms with E-state index in [1.165, 1.54) is 0 Å². The van der Waals surface area contributed by atoms with Gasteiger partial charge in [-0.05, 0) is 32.8 Å². The van der Waals surface area contributed by atoms with E-state index < -0.39 is 0 Å². The average Bonchev–Trinajstić information content (AvgIpc) is 2.33. The molecule has 3 nitrogen and oxygen atoms in total. The number of rotatable bonds is 7. The van der Waals surface area contributed by atoms with Crippen molar-refractivity contribution in [3.05, 3.63) is 23.8 Å². The van der Waals surface area contributed by atoms with Crippen LogP contribution in [0.2, 0.25) is 0 Å². The van der Waals surface area contributed by atoms with E-state index in [0.717, 1.165) is 12.8 Å². The highest BCUT2D eigenvalue weighted by Gasteiger charge is 2.00. The molecule has 0 aromatic heterocycles. The van der Waals surface area contributed by atoms with Gasteiger partial charge in [-0.15, -0.1) is 0 Å². The van der Waals surface area contributed by atoms with Crippen LogP contribution in [0, 0.1) is 0 Å². The molecule has 96 valence electrons. The van der Waals surface area contributed by atoms with Crippen molar-refractivity contribution in [3.8, 4) is 0 Å². The molecule has 0 aliphatic heterocycles. The van der Waals surface area contributed by atoms with Crippen molar-refractivity contribution in [2.24, 2.45) is 4.99 Å². The second-order valence-corrected chi connectivity index (χ2v) is 3.99. The molecule has 1 unspecified atom stereocenters. The minimum atomic E-state index is -0.0404. The van der Waals surface area contributed by atoms with Gasteiger partial charge in [0, 0.05) is 24.4 Å². The fourth-order valence-corrected chi connectivity index (χ4v) is 1.02. The van der Waals surface area contributed by atoms with E-state index in [2.05, 4.69) is 31.1 Å². The van der Waals surface area contributed by atoms with Gasteiger partial charge in [0.1, 0.15) is 0 Å². The number of allylic oxidation sites excluding steroid dienone is 2. The van der Waals surface area contributed by atoms with E-state index in [1.54, 1.807) is 19.2 Å². The third-order valence-electron chi connectivity index (χ3n) is 2.40. The third-order valence-corrected chi connectivity index (χ3v) is 2.40. The third kappa shape index (κ3) is 8.43. The Morgan fingerprint density at radius 1 is 1.35 bits per heavy atom. The van der Waals surface area contributed by atoms with Gasteiger partial charge >= 0.3 is 0 Å². The molecule has 0 aliphatic carbocycles. The van der Waals surface area contributed by atoms with Gasteiger partial charge in [0.15, 0.2) is 0 Å². The van der Waals surface area contributed by atoms with Crippen LogP contribution in [-0.4, -0.2) is 24.7 Å². The van der Waals surface area contributed by atoms with Crippen LogP contribution in [0.4, 0.5) is 0 Å². The smallest absolute Gasteiger partial charge is 0.247 e. The number of nitrogens with zero attached hydrogens (tertiary/aromatic N) is 1. The van der Waals surface area contributed by atoms with Crippen LogP contribution >= 0.6 is 0 Å². The van der Waals surface area contributed by atoms with Gasteiger partial charge in [-0.25, -0.2) is 0 Å². The van der Waals surface area contributed by atoms with Gasteiger partial charge in [-0.3, -0.25) is 9.79 Å². The Hall–Kier alpha value is -1.38. The monoisotopic (exact) mass is 236 g/mol. The van der Waals surface area contributed by atoms with E-state index in [0.29, 0.717) is 18.2 Å². The molecule has 0 fully saturated rings. The van der Waals surface area contributed by atoms with Crippen molar-refractivity contribution in [1.82, 2.24) is 5.32 Å². The van der Waals surface area contributed by atoms with Crippen molar-refractivity contribution >= 4 is 12.1 Å². The Morgan fingerprint density at radius 2 is 2.06 bits per heavy atom. The molecule has 0 spiro atoms. The normalized spacial score (nSPS) is 14.5. The van der Waals surface area contributed by atoms with E-state index >= 15 is 0 Å². The summed E-state index contributed by atoms with van der Waals surface area (Å²) in [6, 6.07) is 0.314. The second-order valence-electron chi connectivity index (χ2n) is 3.99. The van der Waals surface area contributed by atoms with Crippen molar-refractivity contribution in [2.75, 3.05) is 6.54 Å². The first-order chi connectivity index (χ1) is 8.11. The number of nitrogens with one attached hydrogen (secondary N) is 1. The van der Waals surface area contributed by atoms with E-state index in [1.807, 2.05) is 12.2 Å². The lowest BCUT2D eigenvalue weighted by atomic mass is 10.2. The predicted molar refractivity (Wildman–Crippen MR) is 74.4 cm³/mol. The molecule has 0 saturated heterocycles. The molecule has 0 bridgehead atoms. The largest absolute Gasteiger partial charge is 0.349 e. The highest BCUT2D eigenvalue weighted by Crippen LogP contribution is 1.95. The van der Waals surface area contributed by atoms with Gasteiger partial charge in [0.2, 0.25) is 5.91 Å². The Morgan fingerprint density at radius 3 is 2.65 bits per heavy atom. The first-order valence-corrected chi connectivity index (χ1v) is 6.25. The lowest BCUT2D eigenvalue weighted by Crippen LogP contribution is -2.24. The molecule has 0 saturated carbocycles. The maximum atomic E-state index is 11.6. The zero-order chi connectivity index (χ0) is 13.1. The van der Waals surface area contributed by atoms with E-state index in [4.69, 9.17) is 0 Å². The number of amides is 1. The van der Waals surface area contributed by atoms with Crippen molar-refractivity contribution in [1.29, 1.82) is 0 Å².